The van der Waals surface area contributed by atoms with Gasteiger partial charge in [-0.05, 0) is 42.8 Å². The minimum absolute atomic E-state index is 0.422. The van der Waals surface area contributed by atoms with Crippen LogP contribution in [0, 0.1) is 6.92 Å². The molecular formula is C13H13BrN2O. The standard InChI is InChI=1S/C13H13BrN2O/c1-9-6-7-16-13(12(9)8-15)17-11-4-2-10(14)3-5-11/h2-7H,8,15H2,1H3. The Labute approximate surface area is 109 Å². The number of nitrogens with zero attached hydrogens (tertiary/aromatic N) is 1. The third-order valence-corrected chi connectivity index (χ3v) is 3.01. The van der Waals surface area contributed by atoms with Crippen molar-refractivity contribution in [1.82, 2.24) is 4.98 Å². The topological polar surface area (TPSA) is 48.1 Å². The van der Waals surface area contributed by atoms with Crippen molar-refractivity contribution in [2.45, 2.75) is 13.5 Å². The largest absolute Gasteiger partial charge is 0.439 e. The molecule has 17 heavy (non-hydrogen) atoms. The zero-order valence-corrected chi connectivity index (χ0v) is 11.1. The highest BCUT2D eigenvalue weighted by molar-refractivity contribution is 9.10. The van der Waals surface area contributed by atoms with Crippen LogP contribution < -0.4 is 10.5 Å². The minimum atomic E-state index is 0.422. The average Bonchev–Trinajstić information content (AvgIpc) is 2.32. The van der Waals surface area contributed by atoms with Gasteiger partial charge in [-0.1, -0.05) is 15.9 Å². The number of halogens is 1. The Morgan fingerprint density at radius 2 is 1.94 bits per heavy atom. The summed E-state index contributed by atoms with van der Waals surface area (Å²) < 4.78 is 6.74. The Kier molecular flexibility index (Phi) is 3.76. The molecule has 1 aromatic heterocycles. The molecule has 0 saturated carbocycles. The molecule has 4 heteroatoms. The van der Waals surface area contributed by atoms with E-state index in [0.29, 0.717) is 12.4 Å². The lowest BCUT2D eigenvalue weighted by atomic mass is 10.1. The van der Waals surface area contributed by atoms with Crippen LogP contribution in [0.25, 0.3) is 0 Å². The number of ether oxygens (including phenoxy) is 1. The Morgan fingerprint density at radius 3 is 2.59 bits per heavy atom. The van der Waals surface area contributed by atoms with E-state index in [1.54, 1.807) is 6.20 Å². The van der Waals surface area contributed by atoms with E-state index in [-0.39, 0.29) is 0 Å². The first-order chi connectivity index (χ1) is 8.20. The van der Waals surface area contributed by atoms with Crippen molar-refractivity contribution in [2.75, 3.05) is 0 Å². The lowest BCUT2D eigenvalue weighted by Crippen LogP contribution is -2.03. The maximum atomic E-state index is 5.72. The fraction of sp³-hybridized carbons (Fsp3) is 0.154. The first kappa shape index (κ1) is 12.1. The van der Waals surface area contributed by atoms with Crippen LogP contribution in [0.1, 0.15) is 11.1 Å². The number of rotatable bonds is 3. The van der Waals surface area contributed by atoms with E-state index in [9.17, 15) is 0 Å². The maximum Gasteiger partial charge on any atom is 0.223 e. The third-order valence-electron chi connectivity index (χ3n) is 2.48. The normalized spacial score (nSPS) is 10.3. The van der Waals surface area contributed by atoms with Crippen LogP contribution in [0.4, 0.5) is 0 Å². The van der Waals surface area contributed by atoms with Gasteiger partial charge in [0, 0.05) is 22.8 Å². The van der Waals surface area contributed by atoms with Gasteiger partial charge in [0.1, 0.15) is 5.75 Å². The molecule has 2 N–H and O–H groups in total. The summed E-state index contributed by atoms with van der Waals surface area (Å²) >= 11 is 3.38. The molecule has 1 aromatic carbocycles. The summed E-state index contributed by atoms with van der Waals surface area (Å²) in [6.45, 7) is 2.42. The number of benzene rings is 1. The molecule has 0 bridgehead atoms. The van der Waals surface area contributed by atoms with Crippen LogP contribution in [0.3, 0.4) is 0 Å². The van der Waals surface area contributed by atoms with Gasteiger partial charge in [0.05, 0.1) is 0 Å². The van der Waals surface area contributed by atoms with Crippen LogP contribution in [0.5, 0.6) is 11.6 Å². The molecule has 0 amide bonds. The van der Waals surface area contributed by atoms with E-state index in [1.165, 1.54) is 0 Å². The second kappa shape index (κ2) is 5.29. The van der Waals surface area contributed by atoms with Gasteiger partial charge in [0.15, 0.2) is 0 Å². The first-order valence-corrected chi connectivity index (χ1v) is 6.08. The number of pyridine rings is 1. The number of hydrogen-bond acceptors (Lipinski definition) is 3. The summed E-state index contributed by atoms with van der Waals surface area (Å²) in [5, 5.41) is 0. The van der Waals surface area contributed by atoms with Crippen molar-refractivity contribution in [1.29, 1.82) is 0 Å². The predicted octanol–water partition coefficient (Wildman–Crippen LogP) is 3.40. The molecule has 88 valence electrons. The van der Waals surface area contributed by atoms with Crippen molar-refractivity contribution in [2.24, 2.45) is 5.73 Å². The molecule has 0 saturated heterocycles. The van der Waals surface area contributed by atoms with Crippen LogP contribution >= 0.6 is 15.9 Å². The maximum absolute atomic E-state index is 5.72. The van der Waals surface area contributed by atoms with Crippen LogP contribution in [-0.2, 0) is 6.54 Å². The summed E-state index contributed by atoms with van der Waals surface area (Å²) in [7, 11) is 0. The smallest absolute Gasteiger partial charge is 0.223 e. The van der Waals surface area contributed by atoms with E-state index < -0.39 is 0 Å². The van der Waals surface area contributed by atoms with E-state index in [2.05, 4.69) is 20.9 Å². The lowest BCUT2D eigenvalue weighted by molar-refractivity contribution is 0.455. The number of nitrogens with two attached hydrogens (primary N) is 1. The van der Waals surface area contributed by atoms with Crippen molar-refractivity contribution < 1.29 is 4.74 Å². The highest BCUT2D eigenvalue weighted by atomic mass is 79.9. The van der Waals surface area contributed by atoms with Crippen molar-refractivity contribution in [3.63, 3.8) is 0 Å². The molecule has 0 unspecified atom stereocenters. The van der Waals surface area contributed by atoms with Gasteiger partial charge >= 0.3 is 0 Å². The van der Waals surface area contributed by atoms with E-state index >= 15 is 0 Å². The molecule has 0 atom stereocenters. The summed E-state index contributed by atoms with van der Waals surface area (Å²) in [4.78, 5) is 4.21. The molecule has 0 aliphatic heterocycles. The van der Waals surface area contributed by atoms with Gasteiger partial charge in [-0.3, -0.25) is 0 Å². The number of hydrogen-bond donors (Lipinski definition) is 1. The molecule has 3 nitrogen and oxygen atoms in total. The Morgan fingerprint density at radius 1 is 1.24 bits per heavy atom. The molecule has 1 heterocycles. The van der Waals surface area contributed by atoms with Crippen molar-refractivity contribution in [3.05, 3.63) is 52.1 Å². The molecule has 2 aromatic rings. The second-order valence-electron chi connectivity index (χ2n) is 3.67. The fourth-order valence-electron chi connectivity index (χ4n) is 1.51. The molecule has 0 spiro atoms. The Balaban J connectivity index is 2.29. The van der Waals surface area contributed by atoms with Gasteiger partial charge in [-0.2, -0.15) is 0 Å². The van der Waals surface area contributed by atoms with Crippen LogP contribution in [-0.4, -0.2) is 4.98 Å². The molecule has 0 aliphatic carbocycles. The van der Waals surface area contributed by atoms with Gasteiger partial charge < -0.3 is 10.5 Å². The average molecular weight is 293 g/mol. The van der Waals surface area contributed by atoms with Gasteiger partial charge in [-0.15, -0.1) is 0 Å². The van der Waals surface area contributed by atoms with E-state index in [4.69, 9.17) is 10.5 Å². The van der Waals surface area contributed by atoms with Crippen LogP contribution in [0.15, 0.2) is 41.0 Å². The fourth-order valence-corrected chi connectivity index (χ4v) is 1.78. The second-order valence-corrected chi connectivity index (χ2v) is 4.59. The Bertz CT molecular complexity index is 511. The third kappa shape index (κ3) is 2.84. The molecule has 0 radical (unpaired) electrons. The number of aryl methyl sites for hydroxylation is 1. The van der Waals surface area contributed by atoms with Crippen LogP contribution in [0.2, 0.25) is 0 Å². The first-order valence-electron chi connectivity index (χ1n) is 5.28. The zero-order chi connectivity index (χ0) is 12.3. The highest BCUT2D eigenvalue weighted by Gasteiger charge is 2.07. The van der Waals surface area contributed by atoms with Crippen molar-refractivity contribution >= 4 is 15.9 Å². The summed E-state index contributed by atoms with van der Waals surface area (Å²) in [5.41, 5.74) is 7.73. The molecular weight excluding hydrogens is 280 g/mol. The highest BCUT2D eigenvalue weighted by Crippen LogP contribution is 2.25. The van der Waals surface area contributed by atoms with E-state index in [1.807, 2.05) is 37.3 Å². The molecule has 2 rings (SSSR count). The zero-order valence-electron chi connectivity index (χ0n) is 9.48. The van der Waals surface area contributed by atoms with E-state index in [0.717, 1.165) is 21.3 Å². The van der Waals surface area contributed by atoms with Gasteiger partial charge in [-0.25, -0.2) is 4.98 Å². The Hall–Kier alpha value is -1.39. The van der Waals surface area contributed by atoms with Crippen molar-refractivity contribution in [3.8, 4) is 11.6 Å². The SMILES string of the molecule is Cc1ccnc(Oc2ccc(Br)cc2)c1CN. The summed E-state index contributed by atoms with van der Waals surface area (Å²) in [6, 6.07) is 9.54. The summed E-state index contributed by atoms with van der Waals surface area (Å²) in [6.07, 6.45) is 1.72. The lowest BCUT2D eigenvalue weighted by Gasteiger charge is -2.10. The number of aromatic nitrogens is 1. The minimum Gasteiger partial charge on any atom is -0.439 e. The summed E-state index contributed by atoms with van der Waals surface area (Å²) in [5.74, 6) is 1.33. The molecule has 0 aliphatic rings. The monoisotopic (exact) mass is 292 g/mol. The quantitative estimate of drug-likeness (QED) is 0.943. The van der Waals surface area contributed by atoms with Gasteiger partial charge in [0.2, 0.25) is 5.88 Å². The molecule has 0 fully saturated rings. The predicted molar refractivity (Wildman–Crippen MR) is 71.1 cm³/mol. The van der Waals surface area contributed by atoms with Gasteiger partial charge in [0.25, 0.3) is 0 Å².